The third kappa shape index (κ3) is 5.02. The fourth-order valence-electron chi connectivity index (χ4n) is 1.27. The summed E-state index contributed by atoms with van der Waals surface area (Å²) in [6.07, 6.45) is 0. The third-order valence-electron chi connectivity index (χ3n) is 2.12. The Morgan fingerprint density at radius 2 is 1.89 bits per heavy atom. The lowest BCUT2D eigenvalue weighted by molar-refractivity contribution is -0.384. The minimum atomic E-state index is -3.64. The summed E-state index contributed by atoms with van der Waals surface area (Å²) in [6, 6.07) is 4.99. The average molecular weight is 288 g/mol. The molecule has 9 heteroatoms. The largest absolute Gasteiger partial charge is 0.395 e. The Morgan fingerprint density at radius 3 is 2.37 bits per heavy atom. The van der Waals surface area contributed by atoms with Gasteiger partial charge in [-0.25, -0.2) is 8.42 Å². The number of rotatable bonds is 6. The average Bonchev–Trinajstić information content (AvgIpc) is 2.28. The highest BCUT2D eigenvalue weighted by Gasteiger charge is 2.16. The molecule has 0 aliphatic heterocycles. The number of sulfone groups is 1. The summed E-state index contributed by atoms with van der Waals surface area (Å²) in [5, 5.41) is 21.2. The number of benzene rings is 1. The van der Waals surface area contributed by atoms with Gasteiger partial charge < -0.3 is 10.4 Å². The van der Waals surface area contributed by atoms with Crippen LogP contribution in [-0.4, -0.2) is 42.5 Å². The normalized spacial score (nSPS) is 11.0. The number of carbonyl (C=O) groups is 1. The van der Waals surface area contributed by atoms with E-state index in [1.54, 1.807) is 0 Å². The Hall–Kier alpha value is -2.00. The maximum absolute atomic E-state index is 11.4. The fraction of sp³-hybridized carbons (Fsp3) is 0.300. The number of hydrogen-bond acceptors (Lipinski definition) is 6. The van der Waals surface area contributed by atoms with E-state index < -0.39 is 38.8 Å². The Balaban J connectivity index is 2.65. The van der Waals surface area contributed by atoms with Crippen molar-refractivity contribution < 1.29 is 23.2 Å². The summed E-state index contributed by atoms with van der Waals surface area (Å²) in [7, 11) is -3.64. The van der Waals surface area contributed by atoms with Gasteiger partial charge in [-0.2, -0.15) is 0 Å². The number of aliphatic hydroxyl groups excluding tert-OH is 1. The molecule has 0 saturated heterocycles. The number of nitrogens with zero attached hydrogens (tertiary/aromatic N) is 1. The van der Waals surface area contributed by atoms with Gasteiger partial charge in [-0.05, 0) is 12.1 Å². The number of nitro groups is 1. The van der Waals surface area contributed by atoms with Gasteiger partial charge in [-0.3, -0.25) is 14.9 Å². The first-order valence-corrected chi connectivity index (χ1v) is 7.02. The highest BCUT2D eigenvalue weighted by Crippen LogP contribution is 2.15. The molecule has 0 heterocycles. The highest BCUT2D eigenvalue weighted by molar-refractivity contribution is 7.92. The monoisotopic (exact) mass is 288 g/mol. The zero-order chi connectivity index (χ0) is 14.5. The zero-order valence-electron chi connectivity index (χ0n) is 9.77. The summed E-state index contributed by atoms with van der Waals surface area (Å²) in [4.78, 5) is 21.2. The van der Waals surface area contributed by atoms with Gasteiger partial charge in [0.05, 0.1) is 17.3 Å². The van der Waals surface area contributed by atoms with Crippen LogP contribution in [0.2, 0.25) is 0 Å². The van der Waals surface area contributed by atoms with Crippen molar-refractivity contribution in [1.29, 1.82) is 0 Å². The van der Waals surface area contributed by atoms with Gasteiger partial charge in [0.15, 0.2) is 9.84 Å². The molecule has 0 atom stereocenters. The maximum Gasteiger partial charge on any atom is 0.269 e. The molecule has 0 spiro atoms. The van der Waals surface area contributed by atoms with Crippen LogP contribution < -0.4 is 5.32 Å². The second-order valence-corrected chi connectivity index (χ2v) is 5.85. The minimum absolute atomic E-state index is 0.133. The molecule has 1 aromatic carbocycles. The number of carbonyl (C=O) groups excluding carboxylic acids is 1. The van der Waals surface area contributed by atoms with Crippen LogP contribution in [0.3, 0.4) is 0 Å². The van der Waals surface area contributed by atoms with E-state index in [4.69, 9.17) is 5.11 Å². The molecular formula is C10H12N2O6S. The lowest BCUT2D eigenvalue weighted by Crippen LogP contribution is -2.25. The van der Waals surface area contributed by atoms with Gasteiger partial charge in [0, 0.05) is 17.8 Å². The Kier molecular flexibility index (Phi) is 4.95. The van der Waals surface area contributed by atoms with Gasteiger partial charge >= 0.3 is 0 Å². The molecule has 0 saturated carbocycles. The van der Waals surface area contributed by atoms with E-state index in [-0.39, 0.29) is 11.4 Å². The molecule has 0 aliphatic carbocycles. The van der Waals surface area contributed by atoms with Gasteiger partial charge in [-0.15, -0.1) is 0 Å². The molecule has 1 amide bonds. The number of anilines is 1. The summed E-state index contributed by atoms with van der Waals surface area (Å²) in [6.45, 7) is -0.548. The smallest absolute Gasteiger partial charge is 0.269 e. The Morgan fingerprint density at radius 1 is 1.32 bits per heavy atom. The number of aliphatic hydroxyl groups is 1. The van der Waals surface area contributed by atoms with Gasteiger partial charge in [0.2, 0.25) is 5.91 Å². The molecule has 1 aromatic rings. The van der Waals surface area contributed by atoms with Crippen LogP contribution in [0.25, 0.3) is 0 Å². The van der Waals surface area contributed by atoms with Gasteiger partial charge in [0.25, 0.3) is 5.69 Å². The van der Waals surface area contributed by atoms with Gasteiger partial charge in [0.1, 0.15) is 5.75 Å². The molecule has 0 radical (unpaired) electrons. The van der Waals surface area contributed by atoms with Crippen molar-refractivity contribution in [2.75, 3.05) is 23.4 Å². The van der Waals surface area contributed by atoms with Crippen LogP contribution in [0.15, 0.2) is 24.3 Å². The second-order valence-electron chi connectivity index (χ2n) is 3.67. The van der Waals surface area contributed by atoms with E-state index >= 15 is 0 Å². The number of nitro benzene ring substituents is 1. The molecule has 2 N–H and O–H groups in total. The van der Waals surface area contributed by atoms with Crippen LogP contribution in [-0.2, 0) is 14.6 Å². The number of hydrogen-bond donors (Lipinski definition) is 2. The van der Waals surface area contributed by atoms with Crippen LogP contribution in [0.5, 0.6) is 0 Å². The van der Waals surface area contributed by atoms with Crippen LogP contribution in [0.4, 0.5) is 11.4 Å². The number of nitrogens with one attached hydrogen (secondary N) is 1. The molecule has 19 heavy (non-hydrogen) atoms. The topological polar surface area (TPSA) is 127 Å². The standard InChI is InChI=1S/C10H12N2O6S/c13-5-6-19(17,18)7-10(14)11-8-1-3-9(4-2-8)12(15)16/h1-4,13H,5-7H2,(H,11,14). The molecule has 0 fully saturated rings. The lowest BCUT2D eigenvalue weighted by Gasteiger charge is -2.05. The predicted molar refractivity (Wildman–Crippen MR) is 67.5 cm³/mol. The van der Waals surface area contributed by atoms with Crippen molar-refractivity contribution >= 4 is 27.1 Å². The van der Waals surface area contributed by atoms with Crippen molar-refractivity contribution in [3.63, 3.8) is 0 Å². The SMILES string of the molecule is O=C(CS(=O)(=O)CCO)Nc1ccc([N+](=O)[O-])cc1. The van der Waals surface area contributed by atoms with Crippen LogP contribution in [0.1, 0.15) is 0 Å². The highest BCUT2D eigenvalue weighted by atomic mass is 32.2. The molecule has 1 rings (SSSR count). The first kappa shape index (κ1) is 15.1. The first-order chi connectivity index (χ1) is 8.84. The quantitative estimate of drug-likeness (QED) is 0.557. The number of amides is 1. The number of non-ortho nitro benzene ring substituents is 1. The zero-order valence-corrected chi connectivity index (χ0v) is 10.6. The van der Waals surface area contributed by atoms with E-state index in [1.165, 1.54) is 24.3 Å². The molecule has 0 aliphatic rings. The fourth-order valence-corrected chi connectivity index (χ4v) is 2.17. The van der Waals surface area contributed by atoms with Crippen molar-refractivity contribution in [3.8, 4) is 0 Å². The molecule has 0 bridgehead atoms. The third-order valence-corrected chi connectivity index (χ3v) is 3.62. The molecule has 8 nitrogen and oxygen atoms in total. The van der Waals surface area contributed by atoms with E-state index in [9.17, 15) is 23.3 Å². The Labute approximate surface area is 109 Å². The second kappa shape index (κ2) is 6.25. The Bertz CT molecular complexity index is 566. The van der Waals surface area contributed by atoms with E-state index in [1.807, 2.05) is 0 Å². The lowest BCUT2D eigenvalue weighted by atomic mass is 10.3. The van der Waals surface area contributed by atoms with Crippen molar-refractivity contribution in [2.45, 2.75) is 0 Å². The van der Waals surface area contributed by atoms with Crippen LogP contribution >= 0.6 is 0 Å². The van der Waals surface area contributed by atoms with E-state index in [2.05, 4.69) is 5.32 Å². The van der Waals surface area contributed by atoms with E-state index in [0.29, 0.717) is 0 Å². The van der Waals surface area contributed by atoms with Crippen molar-refractivity contribution in [2.24, 2.45) is 0 Å². The van der Waals surface area contributed by atoms with Crippen molar-refractivity contribution in [1.82, 2.24) is 0 Å². The van der Waals surface area contributed by atoms with Gasteiger partial charge in [-0.1, -0.05) is 0 Å². The summed E-state index contributed by atoms with van der Waals surface area (Å²) < 4.78 is 22.5. The van der Waals surface area contributed by atoms with E-state index in [0.717, 1.165) is 0 Å². The molecule has 0 aromatic heterocycles. The molecule has 0 unspecified atom stereocenters. The summed E-state index contributed by atoms with van der Waals surface area (Å²) in [5.74, 6) is -1.99. The first-order valence-electron chi connectivity index (χ1n) is 5.19. The summed E-state index contributed by atoms with van der Waals surface area (Å²) >= 11 is 0. The van der Waals surface area contributed by atoms with Crippen molar-refractivity contribution in [3.05, 3.63) is 34.4 Å². The van der Waals surface area contributed by atoms with Crippen LogP contribution in [0, 0.1) is 10.1 Å². The minimum Gasteiger partial charge on any atom is -0.395 e. The maximum atomic E-state index is 11.4. The molecule has 104 valence electrons. The molecular weight excluding hydrogens is 276 g/mol. The predicted octanol–water partition coefficient (Wildman–Crippen LogP) is -0.0596. The summed E-state index contributed by atoms with van der Waals surface area (Å²) in [5.41, 5.74) is 0.126.